The Bertz CT molecular complexity index is 296. The molecule has 0 aliphatic heterocycles. The molecule has 1 aromatic rings. The number of oxazole rings is 1. The zero-order chi connectivity index (χ0) is 9.35. The standard InChI is InChI=1S/C8H12N2O2/c1-8(2,3)5-4-10-7(12-5)6(9)11/h4H,1-3H3,(H2,9,11). The van der Waals surface area contributed by atoms with E-state index < -0.39 is 5.91 Å². The summed E-state index contributed by atoms with van der Waals surface area (Å²) in [4.78, 5) is 14.3. The van der Waals surface area contributed by atoms with Crippen LogP contribution in [-0.4, -0.2) is 10.9 Å². The Labute approximate surface area is 70.8 Å². The van der Waals surface area contributed by atoms with Crippen LogP contribution in [0.3, 0.4) is 0 Å². The fourth-order valence-corrected chi connectivity index (χ4v) is 0.735. The summed E-state index contributed by atoms with van der Waals surface area (Å²) in [6, 6.07) is 0. The van der Waals surface area contributed by atoms with E-state index in [1.807, 2.05) is 20.8 Å². The van der Waals surface area contributed by atoms with Gasteiger partial charge in [-0.25, -0.2) is 4.98 Å². The van der Waals surface area contributed by atoms with Gasteiger partial charge >= 0.3 is 5.91 Å². The van der Waals surface area contributed by atoms with Crippen molar-refractivity contribution in [3.63, 3.8) is 0 Å². The van der Waals surface area contributed by atoms with E-state index in [9.17, 15) is 4.79 Å². The van der Waals surface area contributed by atoms with Gasteiger partial charge in [0.1, 0.15) is 5.76 Å². The first-order valence-electron chi connectivity index (χ1n) is 3.67. The van der Waals surface area contributed by atoms with Crippen LogP contribution in [0.15, 0.2) is 10.6 Å². The Balaban J connectivity index is 3.00. The summed E-state index contributed by atoms with van der Waals surface area (Å²) < 4.78 is 5.12. The van der Waals surface area contributed by atoms with Crippen molar-refractivity contribution in [3.8, 4) is 0 Å². The first-order valence-corrected chi connectivity index (χ1v) is 3.67. The fourth-order valence-electron chi connectivity index (χ4n) is 0.735. The highest BCUT2D eigenvalue weighted by atomic mass is 16.4. The highest BCUT2D eigenvalue weighted by Crippen LogP contribution is 2.22. The molecular formula is C8H12N2O2. The smallest absolute Gasteiger partial charge is 0.304 e. The summed E-state index contributed by atoms with van der Waals surface area (Å²) in [5.74, 6) is 0.00160. The second-order valence-electron chi connectivity index (χ2n) is 3.64. The molecule has 1 amide bonds. The number of carbonyl (C=O) groups is 1. The summed E-state index contributed by atoms with van der Waals surface area (Å²) >= 11 is 0. The van der Waals surface area contributed by atoms with Crippen LogP contribution in [-0.2, 0) is 5.41 Å². The lowest BCUT2D eigenvalue weighted by Gasteiger charge is -2.12. The zero-order valence-corrected chi connectivity index (χ0v) is 7.42. The molecule has 12 heavy (non-hydrogen) atoms. The predicted octanol–water partition coefficient (Wildman–Crippen LogP) is 1.07. The molecule has 0 radical (unpaired) electrons. The summed E-state index contributed by atoms with van der Waals surface area (Å²) in [6.07, 6.45) is 1.53. The molecule has 0 atom stereocenters. The van der Waals surface area contributed by atoms with Gasteiger partial charge in [-0.3, -0.25) is 4.79 Å². The van der Waals surface area contributed by atoms with Gasteiger partial charge < -0.3 is 10.2 Å². The van der Waals surface area contributed by atoms with Gasteiger partial charge in [-0.05, 0) is 0 Å². The van der Waals surface area contributed by atoms with Crippen LogP contribution < -0.4 is 5.73 Å². The first kappa shape index (κ1) is 8.77. The lowest BCUT2D eigenvalue weighted by Crippen LogP contribution is -2.12. The van der Waals surface area contributed by atoms with E-state index in [0.717, 1.165) is 0 Å². The minimum absolute atomic E-state index is 0.0278. The van der Waals surface area contributed by atoms with Gasteiger partial charge in [-0.15, -0.1) is 0 Å². The summed E-state index contributed by atoms with van der Waals surface area (Å²) in [6.45, 7) is 5.91. The molecule has 0 aliphatic carbocycles. The van der Waals surface area contributed by atoms with Crippen LogP contribution in [0.25, 0.3) is 0 Å². The number of primary amides is 1. The highest BCUT2D eigenvalue weighted by molar-refractivity contribution is 5.87. The van der Waals surface area contributed by atoms with E-state index >= 15 is 0 Å². The maximum absolute atomic E-state index is 10.6. The SMILES string of the molecule is CC(C)(C)c1cnc(C(N)=O)o1. The minimum Gasteiger partial charge on any atom is -0.437 e. The average Bonchev–Trinajstić information content (AvgIpc) is 2.30. The van der Waals surface area contributed by atoms with Crippen LogP contribution in [0.4, 0.5) is 0 Å². The van der Waals surface area contributed by atoms with E-state index in [2.05, 4.69) is 4.98 Å². The fraction of sp³-hybridized carbons (Fsp3) is 0.500. The second-order valence-corrected chi connectivity index (χ2v) is 3.64. The normalized spacial score (nSPS) is 11.6. The molecule has 0 spiro atoms. The quantitative estimate of drug-likeness (QED) is 0.681. The van der Waals surface area contributed by atoms with Crippen molar-refractivity contribution in [2.75, 3.05) is 0 Å². The van der Waals surface area contributed by atoms with Crippen molar-refractivity contribution < 1.29 is 9.21 Å². The third kappa shape index (κ3) is 1.64. The third-order valence-electron chi connectivity index (χ3n) is 1.46. The lowest BCUT2D eigenvalue weighted by atomic mass is 9.94. The number of nitrogens with zero attached hydrogens (tertiary/aromatic N) is 1. The molecular weight excluding hydrogens is 156 g/mol. The number of amides is 1. The van der Waals surface area contributed by atoms with Crippen LogP contribution in [0.5, 0.6) is 0 Å². The molecule has 0 saturated carbocycles. The van der Waals surface area contributed by atoms with Crippen molar-refractivity contribution >= 4 is 5.91 Å². The molecule has 0 unspecified atom stereocenters. The molecule has 0 fully saturated rings. The molecule has 1 rings (SSSR count). The topological polar surface area (TPSA) is 69.1 Å². The van der Waals surface area contributed by atoms with Gasteiger partial charge in [0.25, 0.3) is 5.89 Å². The number of aromatic nitrogens is 1. The molecule has 1 aromatic heterocycles. The maximum Gasteiger partial charge on any atom is 0.304 e. The molecule has 2 N–H and O–H groups in total. The number of rotatable bonds is 1. The van der Waals surface area contributed by atoms with Crippen LogP contribution in [0.2, 0.25) is 0 Å². The van der Waals surface area contributed by atoms with E-state index in [1.165, 1.54) is 6.20 Å². The molecule has 0 aliphatic rings. The third-order valence-corrected chi connectivity index (χ3v) is 1.46. The van der Waals surface area contributed by atoms with E-state index in [4.69, 9.17) is 10.2 Å². The van der Waals surface area contributed by atoms with Crippen LogP contribution in [0, 0.1) is 0 Å². The maximum atomic E-state index is 10.6. The lowest BCUT2D eigenvalue weighted by molar-refractivity contribution is 0.0964. The van der Waals surface area contributed by atoms with Crippen LogP contribution >= 0.6 is 0 Å². The van der Waals surface area contributed by atoms with Gasteiger partial charge in [0.2, 0.25) is 0 Å². The van der Waals surface area contributed by atoms with Crippen molar-refractivity contribution in [2.45, 2.75) is 26.2 Å². The summed E-state index contributed by atoms with van der Waals surface area (Å²) in [5.41, 5.74) is 4.84. The van der Waals surface area contributed by atoms with Crippen molar-refractivity contribution in [1.29, 1.82) is 0 Å². The molecule has 0 bridgehead atoms. The Morgan fingerprint density at radius 2 is 2.17 bits per heavy atom. The monoisotopic (exact) mass is 168 g/mol. The van der Waals surface area contributed by atoms with Gasteiger partial charge in [0.15, 0.2) is 0 Å². The Hall–Kier alpha value is -1.32. The molecule has 4 nitrogen and oxygen atoms in total. The van der Waals surface area contributed by atoms with Gasteiger partial charge in [-0.1, -0.05) is 20.8 Å². The molecule has 0 saturated heterocycles. The molecule has 1 heterocycles. The Morgan fingerprint density at radius 3 is 2.42 bits per heavy atom. The van der Waals surface area contributed by atoms with E-state index in [0.29, 0.717) is 5.76 Å². The minimum atomic E-state index is -0.634. The number of carbonyl (C=O) groups excluding carboxylic acids is 1. The van der Waals surface area contributed by atoms with Gasteiger partial charge in [-0.2, -0.15) is 0 Å². The van der Waals surface area contributed by atoms with E-state index in [-0.39, 0.29) is 11.3 Å². The van der Waals surface area contributed by atoms with Gasteiger partial charge in [0.05, 0.1) is 6.20 Å². The molecule has 0 aromatic carbocycles. The zero-order valence-electron chi connectivity index (χ0n) is 7.42. The van der Waals surface area contributed by atoms with Crippen LogP contribution in [0.1, 0.15) is 37.2 Å². The van der Waals surface area contributed by atoms with Crippen molar-refractivity contribution in [1.82, 2.24) is 4.98 Å². The van der Waals surface area contributed by atoms with Crippen molar-refractivity contribution in [2.24, 2.45) is 5.73 Å². The number of hydrogen-bond acceptors (Lipinski definition) is 3. The number of nitrogens with two attached hydrogens (primary N) is 1. The summed E-state index contributed by atoms with van der Waals surface area (Å²) in [7, 11) is 0. The largest absolute Gasteiger partial charge is 0.437 e. The molecule has 4 heteroatoms. The highest BCUT2D eigenvalue weighted by Gasteiger charge is 2.20. The average molecular weight is 168 g/mol. The molecule has 66 valence electrons. The number of hydrogen-bond donors (Lipinski definition) is 1. The second kappa shape index (κ2) is 2.62. The van der Waals surface area contributed by atoms with Crippen molar-refractivity contribution in [3.05, 3.63) is 17.8 Å². The first-order chi connectivity index (χ1) is 5.41. The predicted molar refractivity (Wildman–Crippen MR) is 43.7 cm³/mol. The Kier molecular flexibility index (Phi) is 1.92. The summed E-state index contributed by atoms with van der Waals surface area (Å²) in [5, 5.41) is 0. The van der Waals surface area contributed by atoms with Gasteiger partial charge in [0, 0.05) is 5.41 Å². The Morgan fingerprint density at radius 1 is 1.58 bits per heavy atom. The van der Waals surface area contributed by atoms with E-state index in [1.54, 1.807) is 0 Å².